The molecular weight excluding hydrogens is 423 g/mol. The van der Waals surface area contributed by atoms with Gasteiger partial charge in [-0.15, -0.1) is 0 Å². The van der Waals surface area contributed by atoms with Crippen LogP contribution in [-0.4, -0.2) is 48.4 Å². The van der Waals surface area contributed by atoms with Crippen molar-refractivity contribution in [3.05, 3.63) is 71.5 Å². The van der Waals surface area contributed by atoms with Crippen LogP contribution < -0.4 is 15.4 Å². The van der Waals surface area contributed by atoms with Crippen molar-refractivity contribution in [3.63, 3.8) is 0 Å². The summed E-state index contributed by atoms with van der Waals surface area (Å²) < 4.78 is 18.8. The highest BCUT2D eigenvalue weighted by Gasteiger charge is 2.24. The number of aliphatic hydroxyl groups excluding tert-OH is 1. The number of hydrogen-bond acceptors (Lipinski definition) is 5. The Bertz CT molecular complexity index is 1190. The minimum Gasteiger partial charge on any atom is -0.489 e. The third-order valence-corrected chi connectivity index (χ3v) is 5.59. The molecule has 8 heteroatoms. The quantitative estimate of drug-likeness (QED) is 0.513. The number of amides is 2. The van der Waals surface area contributed by atoms with Crippen molar-refractivity contribution in [3.8, 4) is 11.8 Å². The lowest BCUT2D eigenvalue weighted by Crippen LogP contribution is -2.39. The number of halogens is 1. The Balaban J connectivity index is 1.33. The second kappa shape index (κ2) is 10.3. The molecule has 1 fully saturated rings. The number of nitrogens with zero attached hydrogens (tertiary/aromatic N) is 2. The lowest BCUT2D eigenvalue weighted by Gasteiger charge is -2.18. The summed E-state index contributed by atoms with van der Waals surface area (Å²) in [4.78, 5) is 14.8. The Morgan fingerprint density at radius 1 is 1.18 bits per heavy atom. The molecule has 3 aromatic rings. The Morgan fingerprint density at radius 3 is 2.82 bits per heavy atom. The van der Waals surface area contributed by atoms with Crippen LogP contribution in [0.3, 0.4) is 0 Å². The predicted molar refractivity (Wildman–Crippen MR) is 123 cm³/mol. The van der Waals surface area contributed by atoms with Gasteiger partial charge in [0.1, 0.15) is 18.2 Å². The van der Waals surface area contributed by atoms with Gasteiger partial charge < -0.3 is 20.5 Å². The molecule has 1 saturated heterocycles. The number of rotatable bonds is 7. The molecule has 33 heavy (non-hydrogen) atoms. The van der Waals surface area contributed by atoms with E-state index in [0.29, 0.717) is 23.5 Å². The molecule has 0 bridgehead atoms. The molecule has 0 spiro atoms. The maximum Gasteiger partial charge on any atom is 0.319 e. The number of ether oxygens (including phenoxy) is 1. The van der Waals surface area contributed by atoms with E-state index in [1.807, 2.05) is 18.2 Å². The zero-order valence-electron chi connectivity index (χ0n) is 18.1. The lowest BCUT2D eigenvalue weighted by molar-refractivity contribution is 0.202. The number of nitrogens with one attached hydrogen (secondary N) is 2. The molecule has 1 atom stereocenters. The Morgan fingerprint density at radius 2 is 2.00 bits per heavy atom. The highest BCUT2D eigenvalue weighted by molar-refractivity contribution is 5.91. The topological polar surface area (TPSA) is 97.6 Å². The van der Waals surface area contributed by atoms with E-state index < -0.39 is 0 Å². The summed E-state index contributed by atoms with van der Waals surface area (Å²) in [5.74, 6) is 0.149. The summed E-state index contributed by atoms with van der Waals surface area (Å²) in [5, 5.41) is 25.7. The molecule has 7 nitrogen and oxygen atoms in total. The third-order valence-electron chi connectivity index (χ3n) is 5.59. The summed E-state index contributed by atoms with van der Waals surface area (Å²) in [6, 6.07) is 17.2. The fraction of sp³-hybridized carbons (Fsp3) is 0.280. The second-order valence-corrected chi connectivity index (χ2v) is 8.04. The van der Waals surface area contributed by atoms with Crippen LogP contribution >= 0.6 is 0 Å². The molecule has 0 aromatic heterocycles. The molecule has 0 aliphatic carbocycles. The molecule has 0 radical (unpaired) electrons. The van der Waals surface area contributed by atoms with Crippen LogP contribution in [-0.2, 0) is 6.54 Å². The Kier molecular flexibility index (Phi) is 7.03. The Hall–Kier alpha value is -3.67. The summed E-state index contributed by atoms with van der Waals surface area (Å²) in [6.45, 7) is 2.24. The van der Waals surface area contributed by atoms with Gasteiger partial charge in [0, 0.05) is 25.7 Å². The molecule has 4 rings (SSSR count). The maximum absolute atomic E-state index is 13.4. The van der Waals surface area contributed by atoms with Crippen LogP contribution in [0.2, 0.25) is 0 Å². The van der Waals surface area contributed by atoms with Crippen LogP contribution in [0.1, 0.15) is 17.5 Å². The van der Waals surface area contributed by atoms with Gasteiger partial charge in [0.2, 0.25) is 0 Å². The molecule has 1 heterocycles. The first kappa shape index (κ1) is 22.5. The van der Waals surface area contributed by atoms with Gasteiger partial charge >= 0.3 is 6.03 Å². The molecule has 2 amide bonds. The van der Waals surface area contributed by atoms with Gasteiger partial charge in [-0.3, -0.25) is 4.90 Å². The van der Waals surface area contributed by atoms with Gasteiger partial charge in [0.05, 0.1) is 23.9 Å². The van der Waals surface area contributed by atoms with Gasteiger partial charge in [-0.25, -0.2) is 9.18 Å². The molecule has 1 aliphatic heterocycles. The van der Waals surface area contributed by atoms with Crippen molar-refractivity contribution in [2.45, 2.75) is 19.0 Å². The number of nitriles is 1. The predicted octanol–water partition coefficient (Wildman–Crippen LogP) is 3.62. The highest BCUT2D eigenvalue weighted by Crippen LogP contribution is 2.26. The molecule has 1 aliphatic rings. The molecule has 0 unspecified atom stereocenters. The van der Waals surface area contributed by atoms with E-state index in [2.05, 4.69) is 21.6 Å². The number of hydrogen-bond donors (Lipinski definition) is 3. The zero-order chi connectivity index (χ0) is 23.2. The van der Waals surface area contributed by atoms with Crippen LogP contribution in [0.25, 0.3) is 10.8 Å². The number of likely N-dealkylation sites (tertiary alicyclic amines) is 1. The molecule has 3 aromatic carbocycles. The average Bonchev–Trinajstić information content (AvgIpc) is 3.24. The Labute approximate surface area is 191 Å². The number of carbonyl (C=O) groups is 1. The first-order valence-electron chi connectivity index (χ1n) is 10.8. The van der Waals surface area contributed by atoms with E-state index in [9.17, 15) is 9.18 Å². The molecule has 170 valence electrons. The monoisotopic (exact) mass is 448 g/mol. The number of anilines is 1. The van der Waals surface area contributed by atoms with E-state index in [-0.39, 0.29) is 31.1 Å². The van der Waals surface area contributed by atoms with Gasteiger partial charge in [0.15, 0.2) is 0 Å². The van der Waals surface area contributed by atoms with E-state index in [0.717, 1.165) is 35.8 Å². The summed E-state index contributed by atoms with van der Waals surface area (Å²) in [5.41, 5.74) is 1.91. The van der Waals surface area contributed by atoms with Crippen molar-refractivity contribution in [1.82, 2.24) is 10.2 Å². The average molecular weight is 448 g/mol. The van der Waals surface area contributed by atoms with Gasteiger partial charge in [0.25, 0.3) is 0 Å². The third kappa shape index (κ3) is 5.77. The zero-order valence-corrected chi connectivity index (χ0v) is 18.1. The van der Waals surface area contributed by atoms with Crippen LogP contribution in [0, 0.1) is 17.1 Å². The van der Waals surface area contributed by atoms with Crippen LogP contribution in [0.15, 0.2) is 54.6 Å². The summed E-state index contributed by atoms with van der Waals surface area (Å²) in [6.07, 6.45) is 0.818. The number of fused-ring (bicyclic) bond motifs is 1. The SMILES string of the molecule is N#Cc1ccc(OCCO)c(NC(=O)N[C@@H]2CCN(Cc3ccc4cc(F)ccc4c3)C2)c1. The molecule has 3 N–H and O–H groups in total. The highest BCUT2D eigenvalue weighted by atomic mass is 19.1. The largest absolute Gasteiger partial charge is 0.489 e. The molecular formula is C25H25FN4O3. The van der Waals surface area contributed by atoms with Crippen LogP contribution in [0.4, 0.5) is 14.9 Å². The van der Waals surface area contributed by atoms with E-state index in [1.165, 1.54) is 12.1 Å². The smallest absolute Gasteiger partial charge is 0.319 e. The molecule has 0 saturated carbocycles. The number of urea groups is 1. The normalized spacial score (nSPS) is 15.8. The van der Waals surface area contributed by atoms with Gasteiger partial charge in [-0.05, 0) is 59.2 Å². The number of aliphatic hydroxyl groups is 1. The van der Waals surface area contributed by atoms with Gasteiger partial charge in [-0.2, -0.15) is 5.26 Å². The minimum atomic E-state index is -0.376. The number of benzene rings is 3. The minimum absolute atomic E-state index is 0.0134. The van der Waals surface area contributed by atoms with Gasteiger partial charge in [-0.1, -0.05) is 18.2 Å². The van der Waals surface area contributed by atoms with E-state index in [4.69, 9.17) is 15.1 Å². The fourth-order valence-electron chi connectivity index (χ4n) is 4.04. The van der Waals surface area contributed by atoms with Crippen molar-refractivity contribution in [2.75, 3.05) is 31.6 Å². The number of carbonyl (C=O) groups excluding carboxylic acids is 1. The standard InChI is InChI=1S/C25H25FN4O3/c26-21-5-4-19-11-18(1-3-20(19)13-21)15-30-8-7-22(16-30)28-25(32)29-23-12-17(14-27)2-6-24(23)33-10-9-31/h1-6,11-13,22,31H,7-10,15-16H2,(H2,28,29,32)/t22-/m1/s1. The van der Waals surface area contributed by atoms with E-state index in [1.54, 1.807) is 24.3 Å². The van der Waals surface area contributed by atoms with E-state index >= 15 is 0 Å². The first-order valence-corrected chi connectivity index (χ1v) is 10.8. The van der Waals surface area contributed by atoms with Crippen molar-refractivity contribution in [2.24, 2.45) is 0 Å². The van der Waals surface area contributed by atoms with Crippen LogP contribution in [0.5, 0.6) is 5.75 Å². The lowest BCUT2D eigenvalue weighted by atomic mass is 10.1. The second-order valence-electron chi connectivity index (χ2n) is 8.04. The van der Waals surface area contributed by atoms with Crippen molar-refractivity contribution < 1.29 is 19.0 Å². The summed E-state index contributed by atoms with van der Waals surface area (Å²) in [7, 11) is 0. The van der Waals surface area contributed by atoms with Crippen molar-refractivity contribution in [1.29, 1.82) is 5.26 Å². The summed E-state index contributed by atoms with van der Waals surface area (Å²) >= 11 is 0. The van der Waals surface area contributed by atoms with Crippen molar-refractivity contribution >= 4 is 22.5 Å². The first-order chi connectivity index (χ1) is 16.0. The maximum atomic E-state index is 13.4. The fourth-order valence-corrected chi connectivity index (χ4v) is 4.04.